The number of halogens is 4. The molecule has 0 radical (unpaired) electrons. The summed E-state index contributed by atoms with van der Waals surface area (Å²) in [5, 5.41) is 0. The van der Waals surface area contributed by atoms with Crippen LogP contribution in [0.1, 0.15) is 13.8 Å². The Balaban J connectivity index is 2.56. The Morgan fingerprint density at radius 2 is 2.18 bits per heavy atom. The Labute approximate surface area is 94.1 Å². The molecular weight excluding hydrogens is 248 g/mol. The lowest BCUT2D eigenvalue weighted by atomic mass is 10.2. The van der Waals surface area contributed by atoms with Crippen molar-refractivity contribution in [3.8, 4) is 0 Å². The Hall–Kier alpha value is -1.31. The second kappa shape index (κ2) is 4.52. The van der Waals surface area contributed by atoms with Crippen molar-refractivity contribution in [2.24, 2.45) is 0 Å². The van der Waals surface area contributed by atoms with E-state index in [1.807, 2.05) is 0 Å². The average molecular weight is 258 g/mol. The zero-order valence-corrected chi connectivity index (χ0v) is 9.01. The summed E-state index contributed by atoms with van der Waals surface area (Å²) in [4.78, 5) is 10.7. The first-order valence-corrected chi connectivity index (χ1v) is 4.60. The van der Waals surface area contributed by atoms with Gasteiger partial charge >= 0.3 is 12.3 Å². The second-order valence-corrected chi connectivity index (χ2v) is 3.55. The third-order valence-corrected chi connectivity index (χ3v) is 2.11. The highest BCUT2D eigenvalue weighted by molar-refractivity contribution is 5.62. The van der Waals surface area contributed by atoms with Gasteiger partial charge in [-0.1, -0.05) is 0 Å². The number of hydrogen-bond acceptors (Lipinski definition) is 4. The summed E-state index contributed by atoms with van der Waals surface area (Å²) in [7, 11) is 0. The summed E-state index contributed by atoms with van der Waals surface area (Å²) in [6.07, 6.45) is -7.14. The zero-order chi connectivity index (χ0) is 13.3. The number of carbonyl (C=O) groups is 1. The van der Waals surface area contributed by atoms with Gasteiger partial charge in [0, 0.05) is 6.92 Å². The Bertz CT molecular complexity index is 338. The molecule has 0 saturated carbocycles. The van der Waals surface area contributed by atoms with Gasteiger partial charge in [-0.15, -0.1) is 0 Å². The molecule has 0 amide bonds. The molecule has 98 valence electrons. The van der Waals surface area contributed by atoms with E-state index >= 15 is 0 Å². The summed E-state index contributed by atoms with van der Waals surface area (Å²) in [6, 6.07) is 0. The maximum Gasteiger partial charge on any atom is 0.511 e. The largest absolute Gasteiger partial charge is 0.511 e. The van der Waals surface area contributed by atoms with Crippen LogP contribution in [0.15, 0.2) is 11.9 Å². The van der Waals surface area contributed by atoms with Gasteiger partial charge in [0.05, 0.1) is 6.08 Å². The minimum Gasteiger partial charge on any atom is -0.424 e. The molecule has 0 aromatic rings. The summed E-state index contributed by atoms with van der Waals surface area (Å²) >= 11 is 0. The number of hydrogen-bond donors (Lipinski definition) is 0. The van der Waals surface area contributed by atoms with E-state index in [9.17, 15) is 22.4 Å². The average Bonchev–Trinajstić information content (AvgIpc) is 2.35. The quantitative estimate of drug-likeness (QED) is 0.576. The predicted octanol–water partition coefficient (Wildman–Crippen LogP) is 2.69. The lowest BCUT2D eigenvalue weighted by molar-refractivity contribution is -0.183. The van der Waals surface area contributed by atoms with Crippen LogP contribution in [0.3, 0.4) is 0 Å². The molecule has 1 fully saturated rings. The van der Waals surface area contributed by atoms with Gasteiger partial charge in [0.2, 0.25) is 0 Å². The number of cyclic esters (lactones) is 2. The van der Waals surface area contributed by atoms with E-state index in [-0.39, 0.29) is 0 Å². The first-order chi connectivity index (χ1) is 7.62. The first-order valence-electron chi connectivity index (χ1n) is 4.60. The van der Waals surface area contributed by atoms with E-state index in [4.69, 9.17) is 4.74 Å². The van der Waals surface area contributed by atoms with Crippen molar-refractivity contribution in [3.63, 3.8) is 0 Å². The van der Waals surface area contributed by atoms with Crippen molar-refractivity contribution in [2.75, 3.05) is 6.61 Å². The molecule has 1 heterocycles. The van der Waals surface area contributed by atoms with Crippen LogP contribution in [0.2, 0.25) is 0 Å². The zero-order valence-electron chi connectivity index (χ0n) is 9.01. The van der Waals surface area contributed by atoms with Gasteiger partial charge in [0.25, 0.3) is 5.79 Å². The highest BCUT2D eigenvalue weighted by Crippen LogP contribution is 2.29. The molecule has 0 aromatic heterocycles. The topological polar surface area (TPSA) is 44.8 Å². The van der Waals surface area contributed by atoms with E-state index in [1.54, 1.807) is 0 Å². The second-order valence-electron chi connectivity index (χ2n) is 3.55. The van der Waals surface area contributed by atoms with Crippen molar-refractivity contribution < 1.29 is 36.6 Å². The summed E-state index contributed by atoms with van der Waals surface area (Å²) in [6.45, 7) is 1.72. The van der Waals surface area contributed by atoms with E-state index in [0.717, 1.165) is 0 Å². The van der Waals surface area contributed by atoms with E-state index in [1.165, 1.54) is 13.8 Å². The molecule has 0 aromatic carbocycles. The van der Waals surface area contributed by atoms with Gasteiger partial charge in [-0.25, -0.2) is 9.18 Å². The van der Waals surface area contributed by atoms with Crippen LogP contribution in [-0.4, -0.2) is 30.8 Å². The maximum absolute atomic E-state index is 12.8. The van der Waals surface area contributed by atoms with Gasteiger partial charge < -0.3 is 14.2 Å². The van der Waals surface area contributed by atoms with Crippen molar-refractivity contribution in [1.82, 2.24) is 0 Å². The van der Waals surface area contributed by atoms with Crippen molar-refractivity contribution in [3.05, 3.63) is 11.9 Å². The summed E-state index contributed by atoms with van der Waals surface area (Å²) in [5.41, 5.74) is 0. The fourth-order valence-electron chi connectivity index (χ4n) is 1.10. The van der Waals surface area contributed by atoms with Crippen LogP contribution in [0.25, 0.3) is 0 Å². The fraction of sp³-hybridized carbons (Fsp3) is 0.667. The molecule has 0 spiro atoms. The summed E-state index contributed by atoms with van der Waals surface area (Å²) in [5.74, 6) is -3.11. The Morgan fingerprint density at radius 3 is 2.59 bits per heavy atom. The minimum absolute atomic E-state index is 0.529. The fourth-order valence-corrected chi connectivity index (χ4v) is 1.10. The molecule has 2 unspecified atom stereocenters. The molecule has 1 aliphatic rings. The lowest BCUT2D eigenvalue weighted by Gasteiger charge is -2.23. The number of allylic oxidation sites excluding steroid dienone is 1. The van der Waals surface area contributed by atoms with Crippen LogP contribution in [0.5, 0.6) is 0 Å². The van der Waals surface area contributed by atoms with Gasteiger partial charge in [-0.3, -0.25) is 0 Å². The first kappa shape index (κ1) is 13.8. The highest BCUT2D eigenvalue weighted by Gasteiger charge is 2.46. The van der Waals surface area contributed by atoms with E-state index in [0.29, 0.717) is 0 Å². The van der Waals surface area contributed by atoms with Gasteiger partial charge in [-0.05, 0) is 6.92 Å². The van der Waals surface area contributed by atoms with E-state index < -0.39 is 42.7 Å². The highest BCUT2D eigenvalue weighted by atomic mass is 19.4. The van der Waals surface area contributed by atoms with Gasteiger partial charge in [-0.2, -0.15) is 13.2 Å². The number of alkyl halides is 3. The van der Waals surface area contributed by atoms with Crippen LogP contribution in [0, 0.1) is 0 Å². The minimum atomic E-state index is -4.76. The van der Waals surface area contributed by atoms with Crippen LogP contribution in [0.4, 0.5) is 22.4 Å². The smallest absolute Gasteiger partial charge is 0.424 e. The van der Waals surface area contributed by atoms with Crippen molar-refractivity contribution >= 4 is 6.16 Å². The molecule has 1 rings (SSSR count). The number of rotatable bonds is 3. The van der Waals surface area contributed by atoms with E-state index in [2.05, 4.69) is 9.47 Å². The monoisotopic (exact) mass is 258 g/mol. The van der Waals surface area contributed by atoms with Crippen LogP contribution < -0.4 is 0 Å². The standard InChI is InChI=1S/C9H10F4O4/c1-5-8(2,17-7(14)16-5)15-4-6(10)3-9(11,12)13/h3,5H,4H2,1-2H3/b6-3+. The predicted molar refractivity (Wildman–Crippen MR) is 46.6 cm³/mol. The SMILES string of the molecule is CC1OC(=O)OC1(C)OC/C(F)=C\C(F)(F)F. The molecular formula is C9H10F4O4. The molecule has 0 aliphatic carbocycles. The third kappa shape index (κ3) is 3.88. The molecule has 2 atom stereocenters. The third-order valence-electron chi connectivity index (χ3n) is 2.11. The summed E-state index contributed by atoms with van der Waals surface area (Å²) < 4.78 is 62.0. The van der Waals surface area contributed by atoms with Gasteiger partial charge in [0.1, 0.15) is 12.4 Å². The lowest BCUT2D eigenvalue weighted by Crippen LogP contribution is -2.38. The molecule has 1 saturated heterocycles. The molecule has 0 N–H and O–H groups in total. The molecule has 8 heteroatoms. The normalized spacial score (nSPS) is 30.1. The van der Waals surface area contributed by atoms with Crippen molar-refractivity contribution in [1.29, 1.82) is 0 Å². The Morgan fingerprint density at radius 1 is 1.59 bits per heavy atom. The van der Waals surface area contributed by atoms with Crippen LogP contribution >= 0.6 is 0 Å². The molecule has 0 bridgehead atoms. The van der Waals surface area contributed by atoms with Crippen molar-refractivity contribution in [2.45, 2.75) is 31.9 Å². The number of ether oxygens (including phenoxy) is 3. The maximum atomic E-state index is 12.8. The van der Waals surface area contributed by atoms with Crippen LogP contribution in [-0.2, 0) is 14.2 Å². The Kier molecular flexibility index (Phi) is 3.65. The molecule has 4 nitrogen and oxygen atoms in total. The molecule has 17 heavy (non-hydrogen) atoms. The number of carbonyl (C=O) groups excluding carboxylic acids is 1. The van der Waals surface area contributed by atoms with Gasteiger partial charge in [0.15, 0.2) is 6.10 Å². The molecule has 1 aliphatic heterocycles.